The number of amides is 1. The van der Waals surface area contributed by atoms with Crippen LogP contribution in [0.3, 0.4) is 0 Å². The van der Waals surface area contributed by atoms with E-state index in [1.165, 1.54) is 17.2 Å². The molecule has 2 aromatic heterocycles. The molecule has 2 heterocycles. The van der Waals surface area contributed by atoms with Crippen LogP contribution in [0.2, 0.25) is 0 Å². The first kappa shape index (κ1) is 25.4. The Morgan fingerprint density at radius 2 is 1.68 bits per heavy atom. The maximum atomic E-state index is 15.3. The SMILES string of the molecule is Cc1ccc(Cn2cc([C@H](CC(=O)NCCc3ccccn3)c3cc(C)ccc3F)c3ccccc32)cc1. The van der Waals surface area contributed by atoms with E-state index in [0.717, 1.165) is 27.7 Å². The van der Waals surface area contributed by atoms with Crippen molar-refractivity contribution in [1.82, 2.24) is 14.9 Å². The second-order valence-electron chi connectivity index (χ2n) is 9.92. The predicted octanol–water partition coefficient (Wildman–Crippen LogP) is 6.72. The van der Waals surface area contributed by atoms with Crippen LogP contribution in [0.15, 0.2) is 97.3 Å². The maximum absolute atomic E-state index is 15.3. The standard InChI is InChI=1S/C33H32FN3O/c1-23-10-13-25(14-11-23)21-37-22-30(27-8-3-4-9-32(27)37)28(29-19-24(2)12-15-31(29)34)20-33(38)36-18-16-26-7-5-6-17-35-26/h3-15,17,19,22,28H,16,18,20-21H2,1-2H3,(H,36,38)/t28-/m1/s1. The van der Waals surface area contributed by atoms with E-state index in [1.807, 2.05) is 43.3 Å². The van der Waals surface area contributed by atoms with Gasteiger partial charge in [-0.15, -0.1) is 0 Å². The minimum atomic E-state index is -0.422. The van der Waals surface area contributed by atoms with Gasteiger partial charge >= 0.3 is 0 Å². The van der Waals surface area contributed by atoms with E-state index in [0.29, 0.717) is 25.1 Å². The second-order valence-corrected chi connectivity index (χ2v) is 9.92. The summed E-state index contributed by atoms with van der Waals surface area (Å²) in [5.41, 5.74) is 6.86. The maximum Gasteiger partial charge on any atom is 0.220 e. The lowest BCUT2D eigenvalue weighted by Gasteiger charge is -2.19. The number of carbonyl (C=O) groups is 1. The summed E-state index contributed by atoms with van der Waals surface area (Å²) in [6, 6.07) is 27.6. The van der Waals surface area contributed by atoms with E-state index in [1.54, 1.807) is 12.3 Å². The fourth-order valence-electron chi connectivity index (χ4n) is 5.03. The molecule has 0 saturated heterocycles. The number of hydrogen-bond acceptors (Lipinski definition) is 2. The van der Waals surface area contributed by atoms with E-state index in [4.69, 9.17) is 0 Å². The first-order chi connectivity index (χ1) is 18.5. The van der Waals surface area contributed by atoms with Crippen molar-refractivity contribution in [3.05, 3.63) is 137 Å². The van der Waals surface area contributed by atoms with Crippen LogP contribution in [0, 0.1) is 19.7 Å². The molecule has 0 radical (unpaired) electrons. The number of nitrogens with one attached hydrogen (secondary N) is 1. The molecule has 0 fully saturated rings. The summed E-state index contributed by atoms with van der Waals surface area (Å²) >= 11 is 0. The molecule has 1 atom stereocenters. The third-order valence-electron chi connectivity index (χ3n) is 7.01. The van der Waals surface area contributed by atoms with Gasteiger partial charge < -0.3 is 9.88 Å². The summed E-state index contributed by atoms with van der Waals surface area (Å²) in [6.07, 6.45) is 4.64. The molecule has 192 valence electrons. The Kier molecular flexibility index (Phi) is 7.64. The number of carbonyl (C=O) groups excluding carboxylic acids is 1. The van der Waals surface area contributed by atoms with Crippen LogP contribution in [-0.4, -0.2) is 22.0 Å². The first-order valence-electron chi connectivity index (χ1n) is 13.0. The molecule has 4 nitrogen and oxygen atoms in total. The molecule has 38 heavy (non-hydrogen) atoms. The molecule has 0 aliphatic carbocycles. The molecule has 1 amide bonds. The molecule has 5 rings (SSSR count). The Labute approximate surface area is 223 Å². The minimum absolute atomic E-state index is 0.109. The number of benzene rings is 3. The molecule has 0 bridgehead atoms. The molecule has 3 aromatic carbocycles. The van der Waals surface area contributed by atoms with Gasteiger partial charge in [0.2, 0.25) is 5.91 Å². The molecule has 0 spiro atoms. The Morgan fingerprint density at radius 1 is 0.921 bits per heavy atom. The highest BCUT2D eigenvalue weighted by Crippen LogP contribution is 2.36. The molecular weight excluding hydrogens is 473 g/mol. The minimum Gasteiger partial charge on any atom is -0.356 e. The van der Waals surface area contributed by atoms with Crippen LogP contribution >= 0.6 is 0 Å². The van der Waals surface area contributed by atoms with Crippen molar-refractivity contribution in [1.29, 1.82) is 0 Å². The number of fused-ring (bicyclic) bond motifs is 1. The molecule has 0 aliphatic rings. The van der Waals surface area contributed by atoms with Crippen LogP contribution in [-0.2, 0) is 17.8 Å². The van der Waals surface area contributed by atoms with Gasteiger partial charge in [0.15, 0.2) is 0 Å². The zero-order valence-electron chi connectivity index (χ0n) is 21.8. The van der Waals surface area contributed by atoms with Gasteiger partial charge in [-0.05, 0) is 54.8 Å². The fourth-order valence-corrected chi connectivity index (χ4v) is 5.03. The lowest BCUT2D eigenvalue weighted by atomic mass is 9.87. The van der Waals surface area contributed by atoms with Crippen molar-refractivity contribution >= 4 is 16.8 Å². The van der Waals surface area contributed by atoms with Gasteiger partial charge in [0, 0.05) is 60.8 Å². The van der Waals surface area contributed by atoms with Gasteiger partial charge in [0.1, 0.15) is 5.82 Å². The van der Waals surface area contributed by atoms with Gasteiger partial charge in [-0.3, -0.25) is 9.78 Å². The number of pyridine rings is 1. The fraction of sp³-hybridized carbons (Fsp3) is 0.212. The quantitative estimate of drug-likeness (QED) is 0.242. The average Bonchev–Trinajstić information content (AvgIpc) is 3.29. The summed E-state index contributed by atoms with van der Waals surface area (Å²) in [5, 5.41) is 4.06. The Morgan fingerprint density at radius 3 is 2.47 bits per heavy atom. The first-order valence-corrected chi connectivity index (χ1v) is 13.0. The van der Waals surface area contributed by atoms with Crippen molar-refractivity contribution < 1.29 is 9.18 Å². The Hall–Kier alpha value is -4.25. The monoisotopic (exact) mass is 505 g/mol. The Balaban J connectivity index is 1.48. The number of rotatable bonds is 9. The zero-order valence-corrected chi connectivity index (χ0v) is 21.8. The van der Waals surface area contributed by atoms with Crippen LogP contribution in [0.1, 0.15) is 45.8 Å². The van der Waals surface area contributed by atoms with Crippen LogP contribution in [0.4, 0.5) is 4.39 Å². The molecule has 0 aliphatic heterocycles. The number of para-hydroxylation sites is 1. The van der Waals surface area contributed by atoms with E-state index in [-0.39, 0.29) is 18.1 Å². The van der Waals surface area contributed by atoms with Crippen LogP contribution in [0.25, 0.3) is 10.9 Å². The highest BCUT2D eigenvalue weighted by molar-refractivity contribution is 5.87. The third kappa shape index (κ3) is 5.83. The van der Waals surface area contributed by atoms with Crippen molar-refractivity contribution in [3.8, 4) is 0 Å². The van der Waals surface area contributed by atoms with Gasteiger partial charge in [-0.25, -0.2) is 4.39 Å². The van der Waals surface area contributed by atoms with E-state index in [9.17, 15) is 4.79 Å². The largest absolute Gasteiger partial charge is 0.356 e. The predicted molar refractivity (Wildman–Crippen MR) is 151 cm³/mol. The molecular formula is C33H32FN3O. The lowest BCUT2D eigenvalue weighted by Crippen LogP contribution is -2.27. The summed E-state index contributed by atoms with van der Waals surface area (Å²) in [7, 11) is 0. The van der Waals surface area contributed by atoms with E-state index >= 15 is 4.39 Å². The van der Waals surface area contributed by atoms with Gasteiger partial charge in [-0.2, -0.15) is 0 Å². The number of hydrogen-bond donors (Lipinski definition) is 1. The second kappa shape index (κ2) is 11.4. The van der Waals surface area contributed by atoms with Crippen molar-refractivity contribution in [3.63, 3.8) is 0 Å². The molecule has 5 aromatic rings. The average molecular weight is 506 g/mol. The number of aromatic nitrogens is 2. The Bertz CT molecular complexity index is 1540. The summed E-state index contributed by atoms with van der Waals surface area (Å²) in [4.78, 5) is 17.5. The smallest absolute Gasteiger partial charge is 0.220 e. The summed E-state index contributed by atoms with van der Waals surface area (Å²) in [6.45, 7) is 5.21. The summed E-state index contributed by atoms with van der Waals surface area (Å²) < 4.78 is 17.5. The van der Waals surface area contributed by atoms with Gasteiger partial charge in [0.05, 0.1) is 0 Å². The third-order valence-corrected chi connectivity index (χ3v) is 7.01. The molecule has 1 N–H and O–H groups in total. The normalized spacial score (nSPS) is 12.0. The van der Waals surface area contributed by atoms with Crippen molar-refractivity contribution in [2.45, 2.75) is 39.2 Å². The topological polar surface area (TPSA) is 46.9 Å². The zero-order chi connectivity index (χ0) is 26.5. The lowest BCUT2D eigenvalue weighted by molar-refractivity contribution is -0.121. The highest BCUT2D eigenvalue weighted by atomic mass is 19.1. The number of nitrogens with zero attached hydrogens (tertiary/aromatic N) is 2. The van der Waals surface area contributed by atoms with Crippen LogP contribution in [0.5, 0.6) is 0 Å². The highest BCUT2D eigenvalue weighted by Gasteiger charge is 2.25. The van der Waals surface area contributed by atoms with Gasteiger partial charge in [-0.1, -0.05) is 71.8 Å². The van der Waals surface area contributed by atoms with E-state index in [2.05, 4.69) is 64.4 Å². The molecule has 5 heteroatoms. The van der Waals surface area contributed by atoms with Crippen molar-refractivity contribution in [2.75, 3.05) is 6.54 Å². The van der Waals surface area contributed by atoms with E-state index < -0.39 is 5.92 Å². The number of aryl methyl sites for hydroxylation is 2. The summed E-state index contributed by atoms with van der Waals surface area (Å²) in [5.74, 6) is -0.826. The van der Waals surface area contributed by atoms with Crippen LogP contribution < -0.4 is 5.32 Å². The van der Waals surface area contributed by atoms with Crippen molar-refractivity contribution in [2.24, 2.45) is 0 Å². The van der Waals surface area contributed by atoms with Gasteiger partial charge in [0.25, 0.3) is 0 Å². The number of halogens is 1. The molecule has 0 unspecified atom stereocenters. The molecule has 0 saturated carbocycles.